The Labute approximate surface area is 301 Å². The minimum Gasteiger partial charge on any atom is -0.349 e. The van der Waals surface area contributed by atoms with Crippen LogP contribution in [0.15, 0.2) is 122 Å². The number of pyridine rings is 3. The van der Waals surface area contributed by atoms with Crippen LogP contribution in [0, 0.1) is 18.3 Å². The Morgan fingerprint density at radius 3 is 1.40 bits per heavy atom. The number of rotatable bonds is 11. The van der Waals surface area contributed by atoms with Gasteiger partial charge in [-0.05, 0) is 41.7 Å². The van der Waals surface area contributed by atoms with Crippen LogP contribution >= 0.6 is 0 Å². The summed E-state index contributed by atoms with van der Waals surface area (Å²) in [6.45, 7) is 7.56. The minimum absolute atomic E-state index is 0. The second kappa shape index (κ2) is 25.7. The quantitative estimate of drug-likeness (QED) is 0.0962. The van der Waals surface area contributed by atoms with Crippen molar-refractivity contribution in [3.05, 3.63) is 140 Å². The largest absolute Gasteiger partial charge is 3.00 e. The second-order valence-electron chi connectivity index (χ2n) is 10.7. The Bertz CT molecular complexity index is 1410. The summed E-state index contributed by atoms with van der Waals surface area (Å²) in [6, 6.07) is 39.4. The molecule has 0 aliphatic heterocycles. The van der Waals surface area contributed by atoms with Gasteiger partial charge in [0.2, 0.25) is 0 Å². The molecule has 0 unspecified atom stereocenters. The Kier molecular flexibility index (Phi) is 21.4. The molecule has 6 nitrogen and oxygen atoms in total. The molecule has 0 atom stereocenters. The van der Waals surface area contributed by atoms with Crippen LogP contribution in [0.3, 0.4) is 0 Å². The van der Waals surface area contributed by atoms with E-state index < -0.39 is 0 Å². The average molecular weight is 816 g/mol. The van der Waals surface area contributed by atoms with E-state index in [2.05, 4.69) is 64.4 Å². The summed E-state index contributed by atoms with van der Waals surface area (Å²) in [5.74, 6) is 0. The Morgan fingerprint density at radius 2 is 0.979 bits per heavy atom. The van der Waals surface area contributed by atoms with Gasteiger partial charge >= 0.3 is 20.1 Å². The van der Waals surface area contributed by atoms with Gasteiger partial charge in [0.15, 0.2) is 0 Å². The van der Waals surface area contributed by atoms with Crippen molar-refractivity contribution in [1.29, 1.82) is 0 Å². The maximum atomic E-state index is 4.22. The van der Waals surface area contributed by atoms with Gasteiger partial charge < -0.3 is 19.6 Å². The number of aromatic nitrogens is 6. The smallest absolute Gasteiger partial charge is 0.349 e. The van der Waals surface area contributed by atoms with E-state index in [0.29, 0.717) is 0 Å². The first-order valence-corrected chi connectivity index (χ1v) is 16.8. The number of nitrogens with zero attached hydrogens (tertiary/aromatic N) is 6. The van der Waals surface area contributed by atoms with Crippen LogP contribution in [0.2, 0.25) is 0 Å². The fourth-order valence-electron chi connectivity index (χ4n) is 4.32. The summed E-state index contributed by atoms with van der Waals surface area (Å²) < 4.78 is 1.78. The Hall–Kier alpha value is -4.32. The van der Waals surface area contributed by atoms with Crippen molar-refractivity contribution in [2.24, 2.45) is 0 Å². The molecule has 0 spiro atoms. The van der Waals surface area contributed by atoms with Gasteiger partial charge in [0.05, 0.1) is 0 Å². The van der Waals surface area contributed by atoms with E-state index >= 15 is 0 Å². The standard InChI is InChI=1S/C13H17N4.2C11H8N.C6H14.Ir/c1-2-3-4-7-10-17-11-13(15-16-17)12-8-5-6-9-14-12;2*1-2-6-10(7-3-1)11-8-4-5-9-12-11;1-3-5-6-4-2;/h5-6,8-9H,2-4,7,10H2,1H3;2*1-6,8-9H;3-6H2,1-2H3;/q3*-1;;+3. The van der Waals surface area contributed by atoms with E-state index in [-0.39, 0.29) is 20.1 Å². The van der Waals surface area contributed by atoms with E-state index in [0.717, 1.165) is 46.9 Å². The van der Waals surface area contributed by atoms with Gasteiger partial charge in [-0.15, -0.1) is 84.1 Å². The molecule has 48 heavy (non-hydrogen) atoms. The molecule has 0 amide bonds. The zero-order valence-electron chi connectivity index (χ0n) is 28.4. The van der Waals surface area contributed by atoms with Crippen molar-refractivity contribution in [2.75, 3.05) is 0 Å². The van der Waals surface area contributed by atoms with Crippen molar-refractivity contribution < 1.29 is 20.1 Å². The zero-order valence-corrected chi connectivity index (χ0v) is 30.8. The number of hydrogen-bond donors (Lipinski definition) is 0. The van der Waals surface area contributed by atoms with Crippen LogP contribution in [0.1, 0.15) is 72.1 Å². The second-order valence-corrected chi connectivity index (χ2v) is 10.7. The van der Waals surface area contributed by atoms with Crippen LogP contribution < -0.4 is 0 Å². The van der Waals surface area contributed by atoms with Crippen LogP contribution in [0.25, 0.3) is 33.9 Å². The molecule has 0 bridgehead atoms. The van der Waals surface area contributed by atoms with Crippen molar-refractivity contribution >= 4 is 0 Å². The Morgan fingerprint density at radius 1 is 0.521 bits per heavy atom. The van der Waals surface area contributed by atoms with Crippen molar-refractivity contribution in [3.63, 3.8) is 0 Å². The van der Waals surface area contributed by atoms with Gasteiger partial charge in [-0.2, -0.15) is 5.10 Å². The van der Waals surface area contributed by atoms with E-state index in [1.54, 1.807) is 23.3 Å². The monoisotopic (exact) mass is 816 g/mol. The molecule has 6 aromatic rings. The first kappa shape index (κ1) is 39.9. The van der Waals surface area contributed by atoms with Gasteiger partial charge in [-0.3, -0.25) is 0 Å². The van der Waals surface area contributed by atoms with Crippen LogP contribution in [-0.2, 0) is 26.7 Å². The molecule has 0 fully saturated rings. The molecule has 0 saturated heterocycles. The van der Waals surface area contributed by atoms with E-state index in [1.807, 2.05) is 103 Å². The minimum atomic E-state index is 0. The summed E-state index contributed by atoms with van der Waals surface area (Å²) in [4.78, 5) is 12.7. The summed E-state index contributed by atoms with van der Waals surface area (Å²) in [7, 11) is 0. The zero-order chi connectivity index (χ0) is 33.2. The van der Waals surface area contributed by atoms with Gasteiger partial charge in [0.25, 0.3) is 0 Å². The van der Waals surface area contributed by atoms with Gasteiger partial charge in [0, 0.05) is 25.1 Å². The van der Waals surface area contributed by atoms with E-state index in [4.69, 9.17) is 0 Å². The van der Waals surface area contributed by atoms with Gasteiger partial charge in [-0.25, -0.2) is 0 Å². The molecule has 2 aromatic carbocycles. The predicted molar refractivity (Wildman–Crippen MR) is 193 cm³/mol. The number of unbranched alkanes of at least 4 members (excludes halogenated alkanes) is 6. The number of benzene rings is 2. The van der Waals surface area contributed by atoms with Crippen LogP contribution in [-0.4, -0.2) is 29.9 Å². The summed E-state index contributed by atoms with van der Waals surface area (Å²) in [5, 5.41) is 8.14. The van der Waals surface area contributed by atoms with Crippen molar-refractivity contribution in [1.82, 2.24) is 29.9 Å². The molecule has 0 aliphatic rings. The topological polar surface area (TPSA) is 69.4 Å². The maximum Gasteiger partial charge on any atom is 3.00 e. The predicted octanol–water partition coefficient (Wildman–Crippen LogP) is 10.4. The molecule has 0 radical (unpaired) electrons. The molecule has 0 N–H and O–H groups in total. The SMILES string of the molecule is CCCCCC.CCCCCCn1[c-]c(-c2ccccn2)nn1.[Ir+3].[c-]1ccccc1-c1ccccn1.[c-]1ccccc1-c1ccccn1. The first-order valence-electron chi connectivity index (χ1n) is 16.8. The molecular formula is C41H47IrN6. The van der Waals surface area contributed by atoms with Crippen molar-refractivity contribution in [2.45, 2.75) is 78.7 Å². The summed E-state index contributed by atoms with van der Waals surface area (Å²) in [6.07, 6.45) is 18.9. The normalized spacial score (nSPS) is 9.73. The molecule has 7 heteroatoms. The van der Waals surface area contributed by atoms with Crippen LogP contribution in [0.5, 0.6) is 0 Å². The average Bonchev–Trinajstić information content (AvgIpc) is 3.64. The number of hydrogen-bond acceptors (Lipinski definition) is 5. The molecule has 6 rings (SSSR count). The third-order valence-electron chi connectivity index (χ3n) is 6.88. The van der Waals surface area contributed by atoms with Crippen molar-refractivity contribution in [3.8, 4) is 33.9 Å². The third-order valence-corrected chi connectivity index (χ3v) is 6.88. The third kappa shape index (κ3) is 16.0. The fourth-order valence-corrected chi connectivity index (χ4v) is 4.32. The molecule has 0 aliphatic carbocycles. The number of aryl methyl sites for hydroxylation is 1. The molecule has 0 saturated carbocycles. The van der Waals surface area contributed by atoms with E-state index in [1.165, 1.54) is 44.9 Å². The van der Waals surface area contributed by atoms with Gasteiger partial charge in [-0.1, -0.05) is 107 Å². The molecular weight excluding hydrogens is 769 g/mol. The fraction of sp³-hybridized carbons (Fsp3) is 0.293. The summed E-state index contributed by atoms with van der Waals surface area (Å²) >= 11 is 0. The summed E-state index contributed by atoms with van der Waals surface area (Å²) in [5.41, 5.74) is 5.57. The van der Waals surface area contributed by atoms with Crippen LogP contribution in [0.4, 0.5) is 0 Å². The maximum absolute atomic E-state index is 4.22. The van der Waals surface area contributed by atoms with E-state index in [9.17, 15) is 0 Å². The molecule has 250 valence electrons. The van der Waals surface area contributed by atoms with Gasteiger partial charge in [0.1, 0.15) is 0 Å². The molecule has 4 aromatic heterocycles. The Balaban J connectivity index is 0.000000232. The first-order chi connectivity index (χ1) is 23.2. The molecule has 4 heterocycles.